The van der Waals surface area contributed by atoms with Crippen molar-refractivity contribution >= 4 is 5.91 Å². The van der Waals surface area contributed by atoms with Crippen molar-refractivity contribution in [2.45, 2.75) is 25.3 Å². The molecule has 0 spiro atoms. The Bertz CT molecular complexity index is 443. The number of hydrogen-bond acceptors (Lipinski definition) is 4. The summed E-state index contributed by atoms with van der Waals surface area (Å²) in [4.78, 5) is 15.7. The third-order valence-corrected chi connectivity index (χ3v) is 3.07. The number of carbonyl (C=O) groups excluding carboxylic acids is 1. The Hall–Kier alpha value is -1.93. The summed E-state index contributed by atoms with van der Waals surface area (Å²) in [7, 11) is 0. The first kappa shape index (κ1) is 12.5. The van der Waals surface area contributed by atoms with Crippen molar-refractivity contribution in [1.29, 1.82) is 5.26 Å². The fraction of sp³-hybridized carbons (Fsp3) is 0.462. The highest BCUT2D eigenvalue weighted by atomic mass is 16.1. The quantitative estimate of drug-likeness (QED) is 0.822. The van der Waals surface area contributed by atoms with E-state index in [1.165, 1.54) is 19.0 Å². The van der Waals surface area contributed by atoms with Gasteiger partial charge in [0.1, 0.15) is 11.8 Å². The Morgan fingerprint density at radius 2 is 2.50 bits per heavy atom. The molecule has 1 atom stereocenters. The van der Waals surface area contributed by atoms with Gasteiger partial charge in [0, 0.05) is 18.8 Å². The average molecular weight is 244 g/mol. The predicted molar refractivity (Wildman–Crippen MR) is 66.9 cm³/mol. The summed E-state index contributed by atoms with van der Waals surface area (Å²) in [5.41, 5.74) is 0.815. The lowest BCUT2D eigenvalue weighted by Gasteiger charge is -2.10. The Morgan fingerprint density at radius 1 is 1.61 bits per heavy atom. The van der Waals surface area contributed by atoms with Gasteiger partial charge in [-0.15, -0.1) is 0 Å². The van der Waals surface area contributed by atoms with Crippen LogP contribution in [0.15, 0.2) is 18.3 Å². The third-order valence-electron chi connectivity index (χ3n) is 3.07. The molecule has 0 aliphatic carbocycles. The molecular weight excluding hydrogens is 228 g/mol. The monoisotopic (exact) mass is 244 g/mol. The van der Waals surface area contributed by atoms with Crippen LogP contribution < -0.4 is 10.6 Å². The molecule has 2 rings (SSSR count). The minimum absolute atomic E-state index is 0.183. The lowest BCUT2D eigenvalue weighted by Crippen LogP contribution is -2.30. The van der Waals surface area contributed by atoms with Crippen molar-refractivity contribution < 1.29 is 4.79 Å². The first-order valence-corrected chi connectivity index (χ1v) is 6.17. The first-order valence-electron chi connectivity index (χ1n) is 6.17. The van der Waals surface area contributed by atoms with Crippen LogP contribution in [-0.2, 0) is 0 Å². The van der Waals surface area contributed by atoms with Gasteiger partial charge in [0.15, 0.2) is 0 Å². The van der Waals surface area contributed by atoms with E-state index in [0.717, 1.165) is 13.0 Å². The molecule has 0 aromatic carbocycles. The largest absolute Gasteiger partial charge is 0.351 e. The summed E-state index contributed by atoms with van der Waals surface area (Å²) in [6.07, 6.45) is 4.76. The summed E-state index contributed by atoms with van der Waals surface area (Å²) in [6.45, 7) is 1.73. The van der Waals surface area contributed by atoms with Crippen molar-refractivity contribution in [1.82, 2.24) is 15.6 Å². The number of nitriles is 1. The highest BCUT2D eigenvalue weighted by molar-refractivity contribution is 5.92. The predicted octanol–water partition coefficient (Wildman–Crippen LogP) is 0.825. The van der Waals surface area contributed by atoms with E-state index >= 15 is 0 Å². The number of rotatable bonds is 4. The normalized spacial score (nSPS) is 18.3. The number of pyridine rings is 1. The highest BCUT2D eigenvalue weighted by Gasteiger charge is 2.14. The maximum Gasteiger partial charge on any atom is 0.269 e. The van der Waals surface area contributed by atoms with Crippen LogP contribution in [0, 0.1) is 11.3 Å². The summed E-state index contributed by atoms with van der Waals surface area (Å²) in [6, 6.07) is 5.67. The Labute approximate surface area is 106 Å². The SMILES string of the molecule is N#Cc1ccc(C(=O)NCC[C@@H]2CCCN2)nc1. The van der Waals surface area contributed by atoms with Crippen molar-refractivity contribution in [3.63, 3.8) is 0 Å². The van der Waals surface area contributed by atoms with E-state index in [0.29, 0.717) is 23.8 Å². The number of aromatic nitrogens is 1. The van der Waals surface area contributed by atoms with Gasteiger partial charge in [-0.3, -0.25) is 4.79 Å². The van der Waals surface area contributed by atoms with Gasteiger partial charge in [-0.1, -0.05) is 0 Å². The molecule has 2 heterocycles. The number of carbonyl (C=O) groups is 1. The molecule has 5 nitrogen and oxygen atoms in total. The first-order chi connectivity index (χ1) is 8.79. The second-order valence-corrected chi connectivity index (χ2v) is 4.38. The van der Waals surface area contributed by atoms with Crippen molar-refractivity contribution in [3.8, 4) is 6.07 Å². The zero-order valence-corrected chi connectivity index (χ0v) is 10.1. The van der Waals surface area contributed by atoms with E-state index in [4.69, 9.17) is 5.26 Å². The van der Waals surface area contributed by atoms with Crippen LogP contribution in [0.2, 0.25) is 0 Å². The summed E-state index contributed by atoms with van der Waals surface area (Å²) in [5, 5.41) is 14.9. The molecule has 1 aromatic heterocycles. The van der Waals surface area contributed by atoms with E-state index in [1.807, 2.05) is 6.07 Å². The van der Waals surface area contributed by atoms with Gasteiger partial charge in [0.25, 0.3) is 5.91 Å². The topological polar surface area (TPSA) is 77.8 Å². The fourth-order valence-electron chi connectivity index (χ4n) is 2.05. The minimum atomic E-state index is -0.183. The van der Waals surface area contributed by atoms with Gasteiger partial charge in [0.2, 0.25) is 0 Å². The van der Waals surface area contributed by atoms with E-state index in [1.54, 1.807) is 12.1 Å². The molecule has 0 bridgehead atoms. The van der Waals surface area contributed by atoms with Crippen molar-refractivity contribution in [2.75, 3.05) is 13.1 Å². The molecule has 1 fully saturated rings. The van der Waals surface area contributed by atoms with Gasteiger partial charge >= 0.3 is 0 Å². The van der Waals surface area contributed by atoms with Crippen LogP contribution in [0.4, 0.5) is 0 Å². The van der Waals surface area contributed by atoms with Crippen LogP contribution in [0.5, 0.6) is 0 Å². The van der Waals surface area contributed by atoms with Gasteiger partial charge in [-0.25, -0.2) is 4.98 Å². The van der Waals surface area contributed by atoms with Crippen LogP contribution in [0.1, 0.15) is 35.3 Å². The minimum Gasteiger partial charge on any atom is -0.351 e. The molecule has 5 heteroatoms. The van der Waals surface area contributed by atoms with Gasteiger partial charge in [-0.05, 0) is 37.9 Å². The maximum absolute atomic E-state index is 11.7. The van der Waals surface area contributed by atoms with Crippen LogP contribution in [-0.4, -0.2) is 30.0 Å². The Balaban J connectivity index is 1.78. The molecule has 0 saturated carbocycles. The second-order valence-electron chi connectivity index (χ2n) is 4.38. The van der Waals surface area contributed by atoms with Crippen LogP contribution in [0.3, 0.4) is 0 Å². The highest BCUT2D eigenvalue weighted by Crippen LogP contribution is 2.07. The number of nitrogens with zero attached hydrogens (tertiary/aromatic N) is 2. The molecule has 1 amide bonds. The van der Waals surface area contributed by atoms with E-state index in [2.05, 4.69) is 15.6 Å². The molecule has 94 valence electrons. The van der Waals surface area contributed by atoms with Crippen molar-refractivity contribution in [2.24, 2.45) is 0 Å². The molecule has 18 heavy (non-hydrogen) atoms. The molecule has 1 aliphatic rings. The molecular formula is C13H16N4O. The lowest BCUT2D eigenvalue weighted by atomic mass is 10.1. The Kier molecular flexibility index (Phi) is 4.26. The van der Waals surface area contributed by atoms with E-state index in [-0.39, 0.29) is 5.91 Å². The molecule has 0 radical (unpaired) electrons. The smallest absolute Gasteiger partial charge is 0.269 e. The third kappa shape index (κ3) is 3.28. The van der Waals surface area contributed by atoms with Crippen LogP contribution in [0.25, 0.3) is 0 Å². The van der Waals surface area contributed by atoms with Gasteiger partial charge in [0.05, 0.1) is 5.56 Å². The van der Waals surface area contributed by atoms with E-state index in [9.17, 15) is 4.79 Å². The molecule has 1 aromatic rings. The zero-order valence-electron chi connectivity index (χ0n) is 10.1. The second kappa shape index (κ2) is 6.12. The molecule has 1 saturated heterocycles. The lowest BCUT2D eigenvalue weighted by molar-refractivity contribution is 0.0947. The van der Waals surface area contributed by atoms with Gasteiger partial charge < -0.3 is 10.6 Å². The van der Waals surface area contributed by atoms with E-state index < -0.39 is 0 Å². The molecule has 0 unspecified atom stereocenters. The maximum atomic E-state index is 11.7. The Morgan fingerprint density at radius 3 is 3.11 bits per heavy atom. The fourth-order valence-corrected chi connectivity index (χ4v) is 2.05. The standard InChI is InChI=1S/C13H16N4O/c14-8-10-3-4-12(17-9-10)13(18)16-7-5-11-2-1-6-15-11/h3-4,9,11,15H,1-2,5-7H2,(H,16,18)/t11-/m0/s1. The summed E-state index contributed by atoms with van der Waals surface area (Å²) in [5.74, 6) is -0.183. The average Bonchev–Trinajstić information content (AvgIpc) is 2.92. The molecule has 1 aliphatic heterocycles. The molecule has 2 N–H and O–H groups in total. The zero-order chi connectivity index (χ0) is 12.8. The van der Waals surface area contributed by atoms with Gasteiger partial charge in [-0.2, -0.15) is 5.26 Å². The van der Waals surface area contributed by atoms with Crippen molar-refractivity contribution in [3.05, 3.63) is 29.6 Å². The summed E-state index contributed by atoms with van der Waals surface area (Å²) >= 11 is 0. The number of hydrogen-bond donors (Lipinski definition) is 2. The van der Waals surface area contributed by atoms with Crippen LogP contribution >= 0.6 is 0 Å². The number of amides is 1. The number of nitrogens with one attached hydrogen (secondary N) is 2. The summed E-state index contributed by atoms with van der Waals surface area (Å²) < 4.78 is 0.